The van der Waals surface area contributed by atoms with E-state index in [1.807, 2.05) is 47.4 Å². The topological polar surface area (TPSA) is 42.0 Å². The lowest BCUT2D eigenvalue weighted by Gasteiger charge is -2.36. The number of fused-ring (bicyclic) bond motifs is 1. The second-order valence-electron chi connectivity index (χ2n) is 6.75. The van der Waals surface area contributed by atoms with Gasteiger partial charge in [-0.2, -0.15) is 0 Å². The molecule has 0 bridgehead atoms. The van der Waals surface area contributed by atoms with Gasteiger partial charge in [-0.05, 0) is 48.7 Å². The summed E-state index contributed by atoms with van der Waals surface area (Å²) < 4.78 is 12.4. The van der Waals surface area contributed by atoms with Crippen LogP contribution in [0.5, 0.6) is 11.5 Å². The fourth-order valence-corrected chi connectivity index (χ4v) is 4.25. The van der Waals surface area contributed by atoms with Gasteiger partial charge in [0, 0.05) is 6.07 Å². The summed E-state index contributed by atoms with van der Waals surface area (Å²) in [4.78, 5) is 16.3. The molecular weight excluding hydrogens is 384 g/mol. The van der Waals surface area contributed by atoms with Gasteiger partial charge in [0.15, 0.2) is 11.5 Å². The zero-order valence-corrected chi connectivity index (χ0v) is 17.4. The lowest BCUT2D eigenvalue weighted by atomic mass is 10.1. The van der Waals surface area contributed by atoms with Crippen LogP contribution in [-0.4, -0.2) is 20.3 Å². The first-order chi connectivity index (χ1) is 14.1. The van der Waals surface area contributed by atoms with Crippen LogP contribution in [-0.2, 0) is 6.54 Å². The van der Waals surface area contributed by atoms with Gasteiger partial charge in [0.05, 0.1) is 37.0 Å². The Morgan fingerprint density at radius 3 is 2.34 bits per heavy atom. The minimum absolute atomic E-state index is 0.0958. The fourth-order valence-electron chi connectivity index (χ4n) is 3.25. The maximum Gasteiger partial charge on any atom is 0.339 e. The third-order valence-electron chi connectivity index (χ3n) is 4.81. The van der Waals surface area contributed by atoms with E-state index in [1.165, 1.54) is 17.5 Å². The van der Waals surface area contributed by atoms with E-state index in [1.54, 1.807) is 18.5 Å². The van der Waals surface area contributed by atoms with Crippen molar-refractivity contribution in [1.29, 1.82) is 0 Å². The Bertz CT molecular complexity index is 1040. The molecule has 0 saturated heterocycles. The standard InChI is InChI=1S/C23H22N2O3S/c1-16-8-10-17(11-9-16)15-24-19-6-4-5-7-22(19)29-25(23(24)26)18-12-13-20(27-2)21(14-18)28-3/h4-14H,15H2,1-3H3. The number of benzene rings is 3. The Morgan fingerprint density at radius 1 is 0.897 bits per heavy atom. The highest BCUT2D eigenvalue weighted by atomic mass is 32.2. The van der Waals surface area contributed by atoms with E-state index >= 15 is 0 Å². The van der Waals surface area contributed by atoms with E-state index in [0.29, 0.717) is 18.0 Å². The van der Waals surface area contributed by atoms with Crippen molar-refractivity contribution in [2.75, 3.05) is 23.4 Å². The van der Waals surface area contributed by atoms with Gasteiger partial charge in [0.1, 0.15) is 0 Å². The van der Waals surface area contributed by atoms with Crippen LogP contribution in [0.2, 0.25) is 0 Å². The van der Waals surface area contributed by atoms with Crippen molar-refractivity contribution < 1.29 is 14.3 Å². The Balaban J connectivity index is 1.72. The molecular formula is C23H22N2O3S. The predicted octanol–water partition coefficient (Wildman–Crippen LogP) is 5.67. The lowest BCUT2D eigenvalue weighted by Crippen LogP contribution is -2.42. The summed E-state index contributed by atoms with van der Waals surface area (Å²) in [5.74, 6) is 1.21. The molecule has 0 aromatic heterocycles. The van der Waals surface area contributed by atoms with Crippen LogP contribution in [0.1, 0.15) is 11.1 Å². The number of nitrogens with zero attached hydrogens (tertiary/aromatic N) is 2. The third-order valence-corrected chi connectivity index (χ3v) is 5.90. The molecule has 148 valence electrons. The number of rotatable bonds is 5. The molecule has 3 aromatic carbocycles. The van der Waals surface area contributed by atoms with Crippen molar-refractivity contribution in [3.05, 3.63) is 77.9 Å². The van der Waals surface area contributed by atoms with Crippen molar-refractivity contribution in [2.45, 2.75) is 18.4 Å². The summed E-state index contributed by atoms with van der Waals surface area (Å²) in [5, 5.41) is 0. The van der Waals surface area contributed by atoms with Crippen LogP contribution in [0, 0.1) is 6.92 Å². The van der Waals surface area contributed by atoms with E-state index in [0.717, 1.165) is 21.8 Å². The van der Waals surface area contributed by atoms with Gasteiger partial charge in [-0.1, -0.05) is 42.0 Å². The quantitative estimate of drug-likeness (QED) is 0.512. The van der Waals surface area contributed by atoms with Crippen LogP contribution >= 0.6 is 11.9 Å². The SMILES string of the molecule is COc1ccc(N2Sc3ccccc3N(Cc3ccc(C)cc3)C2=O)cc1OC. The van der Waals surface area contributed by atoms with Crippen LogP contribution < -0.4 is 18.7 Å². The number of methoxy groups -OCH3 is 2. The molecule has 3 aromatic rings. The minimum atomic E-state index is -0.0958. The van der Waals surface area contributed by atoms with Crippen molar-refractivity contribution in [1.82, 2.24) is 0 Å². The Labute approximate surface area is 175 Å². The zero-order valence-electron chi connectivity index (χ0n) is 16.6. The van der Waals surface area contributed by atoms with Gasteiger partial charge in [0.2, 0.25) is 0 Å². The van der Waals surface area contributed by atoms with E-state index < -0.39 is 0 Å². The fraction of sp³-hybridized carbons (Fsp3) is 0.174. The number of ether oxygens (including phenoxy) is 2. The van der Waals surface area contributed by atoms with Gasteiger partial charge >= 0.3 is 6.03 Å². The van der Waals surface area contributed by atoms with E-state index in [-0.39, 0.29) is 6.03 Å². The molecule has 1 aliphatic heterocycles. The molecule has 0 unspecified atom stereocenters. The van der Waals surface area contributed by atoms with E-state index in [9.17, 15) is 4.79 Å². The van der Waals surface area contributed by atoms with Gasteiger partial charge in [-0.3, -0.25) is 4.90 Å². The van der Waals surface area contributed by atoms with Crippen LogP contribution in [0.25, 0.3) is 0 Å². The molecule has 1 heterocycles. The largest absolute Gasteiger partial charge is 0.493 e. The molecule has 0 fully saturated rings. The molecule has 4 rings (SSSR count). The maximum absolute atomic E-state index is 13.5. The summed E-state index contributed by atoms with van der Waals surface area (Å²) in [6.45, 7) is 2.56. The van der Waals surface area contributed by atoms with E-state index in [2.05, 4.69) is 31.2 Å². The molecule has 0 atom stereocenters. The summed E-state index contributed by atoms with van der Waals surface area (Å²) >= 11 is 1.41. The number of anilines is 2. The second kappa shape index (κ2) is 8.09. The average Bonchev–Trinajstić information content (AvgIpc) is 2.76. The zero-order chi connectivity index (χ0) is 20.4. The first-order valence-corrected chi connectivity index (χ1v) is 10.0. The molecule has 0 aliphatic carbocycles. The van der Waals surface area contributed by atoms with E-state index in [4.69, 9.17) is 9.47 Å². The van der Waals surface area contributed by atoms with Crippen molar-refractivity contribution >= 4 is 29.4 Å². The average molecular weight is 407 g/mol. The first kappa shape index (κ1) is 19.2. The molecule has 0 saturated carbocycles. The molecule has 0 N–H and O–H groups in total. The molecule has 29 heavy (non-hydrogen) atoms. The predicted molar refractivity (Wildman–Crippen MR) is 117 cm³/mol. The molecule has 2 amide bonds. The molecule has 0 radical (unpaired) electrons. The van der Waals surface area contributed by atoms with Crippen molar-refractivity contribution in [3.8, 4) is 11.5 Å². The van der Waals surface area contributed by atoms with Crippen LogP contribution in [0.15, 0.2) is 71.6 Å². The number of hydrogen-bond donors (Lipinski definition) is 0. The number of carbonyl (C=O) groups is 1. The van der Waals surface area contributed by atoms with Gasteiger partial charge in [-0.15, -0.1) is 0 Å². The van der Waals surface area contributed by atoms with Crippen LogP contribution in [0.3, 0.4) is 0 Å². The number of para-hydroxylation sites is 1. The number of carbonyl (C=O) groups excluding carboxylic acids is 1. The Kier molecular flexibility index (Phi) is 5.36. The number of aryl methyl sites for hydroxylation is 1. The second-order valence-corrected chi connectivity index (χ2v) is 7.73. The smallest absolute Gasteiger partial charge is 0.339 e. The maximum atomic E-state index is 13.5. The number of urea groups is 1. The van der Waals surface area contributed by atoms with Crippen molar-refractivity contribution in [3.63, 3.8) is 0 Å². The summed E-state index contributed by atoms with van der Waals surface area (Å²) in [5.41, 5.74) is 3.93. The summed E-state index contributed by atoms with van der Waals surface area (Å²) in [6.07, 6.45) is 0. The summed E-state index contributed by atoms with van der Waals surface area (Å²) in [7, 11) is 3.18. The van der Waals surface area contributed by atoms with Gasteiger partial charge in [-0.25, -0.2) is 9.10 Å². The first-order valence-electron chi connectivity index (χ1n) is 9.27. The number of hydrogen-bond acceptors (Lipinski definition) is 4. The highest BCUT2D eigenvalue weighted by Crippen LogP contribution is 2.43. The molecule has 6 heteroatoms. The Morgan fingerprint density at radius 2 is 1.62 bits per heavy atom. The van der Waals surface area contributed by atoms with Gasteiger partial charge in [0.25, 0.3) is 0 Å². The summed E-state index contributed by atoms with van der Waals surface area (Å²) in [6, 6.07) is 21.6. The highest BCUT2D eigenvalue weighted by molar-refractivity contribution is 8.01. The third kappa shape index (κ3) is 3.76. The molecule has 1 aliphatic rings. The Hall–Kier alpha value is -3.12. The lowest BCUT2D eigenvalue weighted by molar-refractivity contribution is 0.254. The normalized spacial score (nSPS) is 13.3. The highest BCUT2D eigenvalue weighted by Gasteiger charge is 2.32. The monoisotopic (exact) mass is 406 g/mol. The van der Waals surface area contributed by atoms with Crippen molar-refractivity contribution in [2.24, 2.45) is 0 Å². The minimum Gasteiger partial charge on any atom is -0.493 e. The molecule has 0 spiro atoms. The van der Waals surface area contributed by atoms with Gasteiger partial charge < -0.3 is 9.47 Å². The van der Waals surface area contributed by atoms with Crippen LogP contribution in [0.4, 0.5) is 16.2 Å². The number of amides is 2. The molecule has 5 nitrogen and oxygen atoms in total.